The van der Waals surface area contributed by atoms with Gasteiger partial charge in [0.15, 0.2) is 5.75 Å². The summed E-state index contributed by atoms with van der Waals surface area (Å²) in [6, 6.07) is 6.27. The van der Waals surface area contributed by atoms with E-state index in [1.807, 2.05) is 12.1 Å². The minimum atomic E-state index is -1.05. The highest BCUT2D eigenvalue weighted by Gasteiger charge is 2.22. The number of rotatable bonds is 10. The van der Waals surface area contributed by atoms with Crippen molar-refractivity contribution in [2.75, 3.05) is 0 Å². The lowest BCUT2D eigenvalue weighted by Crippen LogP contribution is -2.42. The average molecular weight is 875 g/mol. The van der Waals surface area contributed by atoms with E-state index in [4.69, 9.17) is 4.74 Å². The van der Waals surface area contributed by atoms with Crippen molar-refractivity contribution in [1.29, 1.82) is 0 Å². The highest BCUT2D eigenvalue weighted by molar-refractivity contribution is 14.1. The summed E-state index contributed by atoms with van der Waals surface area (Å²) in [6.45, 7) is 2.05. The lowest BCUT2D eigenvalue weighted by molar-refractivity contribution is -0.141. The summed E-state index contributed by atoms with van der Waals surface area (Å²) in [5.41, 5.74) is 0.803. The number of aromatic hydroxyl groups is 1. The number of phenols is 1. The Bertz CT molecular complexity index is 921. The maximum atomic E-state index is 12.1. The lowest BCUT2D eigenvalue weighted by Gasteiger charge is -2.17. The molecule has 168 valence electrons. The van der Waals surface area contributed by atoms with Crippen LogP contribution in [0.5, 0.6) is 17.2 Å². The number of benzene rings is 2. The molecule has 2 aromatic rings. The van der Waals surface area contributed by atoms with E-state index in [9.17, 15) is 19.8 Å². The van der Waals surface area contributed by atoms with Crippen LogP contribution in [0.2, 0.25) is 0 Å². The van der Waals surface area contributed by atoms with Crippen molar-refractivity contribution in [2.24, 2.45) is 0 Å². The van der Waals surface area contributed by atoms with Gasteiger partial charge in [-0.25, -0.2) is 4.79 Å². The maximum Gasteiger partial charge on any atom is 0.326 e. The van der Waals surface area contributed by atoms with E-state index in [2.05, 4.69) is 103 Å². The molecular weight excluding hydrogens is 854 g/mol. The Hall–Kier alpha value is -0.100. The van der Waals surface area contributed by atoms with Gasteiger partial charge in [0, 0.05) is 12.8 Å². The monoisotopic (exact) mass is 875 g/mol. The summed E-state index contributed by atoms with van der Waals surface area (Å²) >= 11 is 8.42. The molecule has 0 fully saturated rings. The van der Waals surface area contributed by atoms with Crippen molar-refractivity contribution in [3.8, 4) is 17.2 Å². The van der Waals surface area contributed by atoms with Crippen LogP contribution in [0.1, 0.15) is 38.2 Å². The molecule has 6 nitrogen and oxygen atoms in total. The lowest BCUT2D eigenvalue weighted by atomic mass is 10.1. The zero-order chi connectivity index (χ0) is 23.1. The summed E-state index contributed by atoms with van der Waals surface area (Å²) in [6.07, 6.45) is 3.23. The van der Waals surface area contributed by atoms with Crippen molar-refractivity contribution in [3.05, 3.63) is 44.1 Å². The number of halogens is 4. The van der Waals surface area contributed by atoms with Crippen LogP contribution in [0.15, 0.2) is 24.3 Å². The van der Waals surface area contributed by atoms with Gasteiger partial charge in [0.1, 0.15) is 17.5 Å². The van der Waals surface area contributed by atoms with E-state index < -0.39 is 12.0 Å². The molecule has 0 aliphatic rings. The van der Waals surface area contributed by atoms with Crippen molar-refractivity contribution in [3.63, 3.8) is 0 Å². The van der Waals surface area contributed by atoms with E-state index >= 15 is 0 Å². The molecule has 10 heteroatoms. The molecule has 0 spiro atoms. The molecule has 1 amide bonds. The van der Waals surface area contributed by atoms with E-state index in [0.29, 0.717) is 25.1 Å². The zero-order valence-electron chi connectivity index (χ0n) is 16.6. The summed E-state index contributed by atoms with van der Waals surface area (Å²) in [7, 11) is 0. The summed E-state index contributed by atoms with van der Waals surface area (Å²) in [5.74, 6) is 0.213. The smallest absolute Gasteiger partial charge is 0.326 e. The summed E-state index contributed by atoms with van der Waals surface area (Å²) in [5, 5.41) is 22.1. The predicted octanol–water partition coefficient (Wildman–Crippen LogP) is 6.30. The van der Waals surface area contributed by atoms with Gasteiger partial charge < -0.3 is 20.3 Å². The Morgan fingerprint density at radius 3 is 2.10 bits per heavy atom. The Morgan fingerprint density at radius 1 is 1.00 bits per heavy atom. The Morgan fingerprint density at radius 2 is 1.58 bits per heavy atom. The second-order valence-corrected chi connectivity index (χ2v) is 11.5. The number of ether oxygens (including phenoxy) is 1. The number of carboxylic acids is 1. The number of carbonyl (C=O) groups excluding carboxylic acids is 1. The largest absolute Gasteiger partial charge is 0.506 e. The third kappa shape index (κ3) is 8.32. The molecule has 0 saturated carbocycles. The Kier molecular flexibility index (Phi) is 11.3. The maximum absolute atomic E-state index is 12.1. The molecule has 1 unspecified atom stereocenters. The number of amides is 1. The van der Waals surface area contributed by atoms with Crippen LogP contribution >= 0.6 is 90.4 Å². The van der Waals surface area contributed by atoms with Gasteiger partial charge in [-0.05, 0) is 127 Å². The van der Waals surface area contributed by atoms with Crippen LogP contribution < -0.4 is 10.1 Å². The third-order valence-electron chi connectivity index (χ3n) is 4.35. The SMILES string of the molecule is CCCCCC(=O)NC(Cc1cc(I)c(Oc2cc(I)c(O)c(I)c2)c(I)c1)C(=O)O. The van der Waals surface area contributed by atoms with Crippen LogP contribution in [-0.4, -0.2) is 28.1 Å². The minimum absolute atomic E-state index is 0.191. The number of carbonyl (C=O) groups is 2. The number of nitrogens with one attached hydrogen (secondary N) is 1. The van der Waals surface area contributed by atoms with Crippen LogP contribution in [0, 0.1) is 14.3 Å². The van der Waals surface area contributed by atoms with Crippen molar-refractivity contribution < 1.29 is 24.5 Å². The molecular formula is C21H21I4NO5. The molecule has 0 bridgehead atoms. The molecule has 0 saturated heterocycles. The van der Waals surface area contributed by atoms with Gasteiger partial charge in [-0.3, -0.25) is 4.79 Å². The van der Waals surface area contributed by atoms with Crippen LogP contribution in [0.4, 0.5) is 0 Å². The van der Waals surface area contributed by atoms with Gasteiger partial charge in [-0.2, -0.15) is 0 Å². The van der Waals surface area contributed by atoms with Gasteiger partial charge in [0.05, 0.1) is 14.3 Å². The van der Waals surface area contributed by atoms with Gasteiger partial charge in [0.2, 0.25) is 5.91 Å². The number of aliphatic carboxylic acids is 1. The van der Waals surface area contributed by atoms with E-state index in [0.717, 1.165) is 32.0 Å². The molecule has 2 rings (SSSR count). The Balaban J connectivity index is 2.16. The molecule has 2 aromatic carbocycles. The molecule has 0 aliphatic heterocycles. The molecule has 0 radical (unpaired) electrons. The summed E-state index contributed by atoms with van der Waals surface area (Å²) in [4.78, 5) is 23.8. The van der Waals surface area contributed by atoms with Crippen molar-refractivity contribution in [2.45, 2.75) is 45.1 Å². The second-order valence-electron chi connectivity index (χ2n) is 6.85. The first-order valence-corrected chi connectivity index (χ1v) is 13.8. The van der Waals surface area contributed by atoms with Crippen LogP contribution in [0.3, 0.4) is 0 Å². The van der Waals surface area contributed by atoms with E-state index in [-0.39, 0.29) is 18.1 Å². The highest BCUT2D eigenvalue weighted by atomic mass is 127. The first kappa shape index (κ1) is 27.1. The molecule has 0 aromatic heterocycles. The number of carboxylic acid groups (broad SMARTS) is 1. The van der Waals surface area contributed by atoms with Crippen LogP contribution in [0.25, 0.3) is 0 Å². The minimum Gasteiger partial charge on any atom is -0.506 e. The summed E-state index contributed by atoms with van der Waals surface area (Å²) < 4.78 is 9.11. The van der Waals surface area contributed by atoms with Gasteiger partial charge in [0.25, 0.3) is 0 Å². The topological polar surface area (TPSA) is 95.9 Å². The fourth-order valence-corrected chi connectivity index (χ4v) is 6.61. The van der Waals surface area contributed by atoms with Crippen molar-refractivity contribution >= 4 is 102 Å². The number of hydrogen-bond donors (Lipinski definition) is 3. The Labute approximate surface area is 235 Å². The molecule has 1 atom stereocenters. The standard InChI is InChI=1S/C21H21I4NO5/c1-2-3-4-5-18(27)26-17(21(29)30)8-11-6-15(24)20(16(25)7-11)31-12-9-13(22)19(28)14(23)10-12/h6-7,9-10,17,28H,2-5,8H2,1H3,(H,26,27)(H,29,30). The molecule has 31 heavy (non-hydrogen) atoms. The highest BCUT2D eigenvalue weighted by Crippen LogP contribution is 2.37. The molecule has 0 heterocycles. The normalized spacial score (nSPS) is 11.8. The fraction of sp³-hybridized carbons (Fsp3) is 0.333. The second kappa shape index (κ2) is 13.0. The number of hydrogen-bond acceptors (Lipinski definition) is 4. The first-order valence-electron chi connectivity index (χ1n) is 9.48. The zero-order valence-corrected chi connectivity index (χ0v) is 25.2. The number of phenolic OH excluding ortho intramolecular Hbond substituents is 1. The quantitative estimate of drug-likeness (QED) is 0.193. The van der Waals surface area contributed by atoms with Gasteiger partial charge >= 0.3 is 5.97 Å². The van der Waals surface area contributed by atoms with Gasteiger partial charge in [-0.15, -0.1) is 0 Å². The van der Waals surface area contributed by atoms with Crippen molar-refractivity contribution in [1.82, 2.24) is 5.32 Å². The number of unbranched alkanes of at least 4 members (excludes halogenated alkanes) is 2. The molecule has 0 aliphatic carbocycles. The predicted molar refractivity (Wildman–Crippen MR) is 153 cm³/mol. The third-order valence-corrected chi connectivity index (χ3v) is 7.60. The van der Waals surface area contributed by atoms with Gasteiger partial charge in [-0.1, -0.05) is 19.8 Å². The van der Waals surface area contributed by atoms with E-state index in [1.54, 1.807) is 12.1 Å². The first-order chi connectivity index (χ1) is 14.6. The molecule has 3 N–H and O–H groups in total. The van der Waals surface area contributed by atoms with Crippen LogP contribution in [-0.2, 0) is 16.0 Å². The van der Waals surface area contributed by atoms with E-state index in [1.165, 1.54) is 0 Å². The fourth-order valence-electron chi connectivity index (χ4n) is 2.78. The average Bonchev–Trinajstić information content (AvgIpc) is 2.68.